The number of nitrogens with zero attached hydrogens (tertiary/aromatic N) is 2. The van der Waals surface area contributed by atoms with Crippen LogP contribution in [-0.4, -0.2) is 27.0 Å². The van der Waals surface area contributed by atoms with E-state index < -0.39 is 5.97 Å². The van der Waals surface area contributed by atoms with Crippen LogP contribution < -0.4 is 0 Å². The molecule has 2 N–H and O–H groups in total. The lowest BCUT2D eigenvalue weighted by atomic mass is 10.2. The highest BCUT2D eigenvalue weighted by molar-refractivity contribution is 5.92. The molecule has 1 aromatic heterocycles. The lowest BCUT2D eigenvalue weighted by molar-refractivity contribution is 0.0694. The van der Waals surface area contributed by atoms with Gasteiger partial charge in [0.2, 0.25) is 0 Å². The van der Waals surface area contributed by atoms with Crippen molar-refractivity contribution >= 4 is 17.9 Å². The first-order valence-electron chi connectivity index (χ1n) is 7.41. The molecule has 1 saturated carbocycles. The topological polar surface area (TPSA) is 74.8 Å². The van der Waals surface area contributed by atoms with Crippen molar-refractivity contribution in [3.8, 4) is 5.75 Å². The standard InChI is InChI=1S/C17H18N2O3/c20-16-6-5-13(9-15(16)17(21)22)18-10-12-7-8-19(11-12)14-3-1-2-4-14/h5-11,14,20H,1-4H2,(H,21,22). The van der Waals surface area contributed by atoms with Crippen molar-refractivity contribution in [1.29, 1.82) is 0 Å². The van der Waals surface area contributed by atoms with Gasteiger partial charge in [-0.3, -0.25) is 4.99 Å². The fourth-order valence-corrected chi connectivity index (χ4v) is 2.86. The Morgan fingerprint density at radius 1 is 1.27 bits per heavy atom. The Kier molecular flexibility index (Phi) is 3.96. The van der Waals surface area contributed by atoms with Gasteiger partial charge in [-0.1, -0.05) is 12.8 Å². The van der Waals surface area contributed by atoms with Crippen LogP contribution in [0.15, 0.2) is 41.7 Å². The second-order valence-electron chi connectivity index (χ2n) is 5.60. The van der Waals surface area contributed by atoms with Gasteiger partial charge in [-0.15, -0.1) is 0 Å². The fourth-order valence-electron chi connectivity index (χ4n) is 2.86. The molecule has 0 amide bonds. The third-order valence-electron chi connectivity index (χ3n) is 4.06. The van der Waals surface area contributed by atoms with E-state index in [2.05, 4.69) is 22.0 Å². The zero-order valence-corrected chi connectivity index (χ0v) is 12.1. The maximum absolute atomic E-state index is 11.0. The SMILES string of the molecule is O=C(O)c1cc(N=Cc2ccn(C3CCCC3)c2)ccc1O. The van der Waals surface area contributed by atoms with Crippen LogP contribution in [0, 0.1) is 0 Å². The minimum Gasteiger partial charge on any atom is -0.507 e. The maximum Gasteiger partial charge on any atom is 0.339 e. The van der Waals surface area contributed by atoms with Gasteiger partial charge in [0.25, 0.3) is 0 Å². The molecular weight excluding hydrogens is 280 g/mol. The number of benzene rings is 1. The summed E-state index contributed by atoms with van der Waals surface area (Å²) in [6, 6.07) is 6.89. The van der Waals surface area contributed by atoms with Gasteiger partial charge in [0.15, 0.2) is 0 Å². The summed E-state index contributed by atoms with van der Waals surface area (Å²) < 4.78 is 2.23. The normalized spacial score (nSPS) is 15.6. The molecule has 0 saturated heterocycles. The van der Waals surface area contributed by atoms with Gasteiger partial charge in [0.1, 0.15) is 11.3 Å². The average molecular weight is 298 g/mol. The lowest BCUT2D eigenvalue weighted by Crippen LogP contribution is -2.00. The van der Waals surface area contributed by atoms with Crippen LogP contribution >= 0.6 is 0 Å². The van der Waals surface area contributed by atoms with Gasteiger partial charge in [-0.25, -0.2) is 4.79 Å². The van der Waals surface area contributed by atoms with Crippen LogP contribution in [0.5, 0.6) is 5.75 Å². The maximum atomic E-state index is 11.0. The van der Waals surface area contributed by atoms with Crippen LogP contribution in [-0.2, 0) is 0 Å². The monoisotopic (exact) mass is 298 g/mol. The van der Waals surface area contributed by atoms with E-state index in [4.69, 9.17) is 5.11 Å². The van der Waals surface area contributed by atoms with Crippen LogP contribution in [0.25, 0.3) is 0 Å². The van der Waals surface area contributed by atoms with Crippen molar-refractivity contribution < 1.29 is 15.0 Å². The van der Waals surface area contributed by atoms with Crippen LogP contribution in [0.1, 0.15) is 47.6 Å². The van der Waals surface area contributed by atoms with E-state index in [1.54, 1.807) is 12.3 Å². The Labute approximate surface area is 128 Å². The number of rotatable bonds is 4. The summed E-state index contributed by atoms with van der Waals surface area (Å²) in [5, 5.41) is 18.5. The molecule has 0 radical (unpaired) electrons. The van der Waals surface area contributed by atoms with Gasteiger partial charge in [0, 0.05) is 30.2 Å². The summed E-state index contributed by atoms with van der Waals surface area (Å²) in [4.78, 5) is 15.3. The zero-order chi connectivity index (χ0) is 15.5. The first kappa shape index (κ1) is 14.4. The molecule has 0 aliphatic heterocycles. The Balaban J connectivity index is 1.76. The molecule has 0 unspecified atom stereocenters. The number of hydrogen-bond acceptors (Lipinski definition) is 3. The van der Waals surface area contributed by atoms with Crippen LogP contribution in [0.2, 0.25) is 0 Å². The van der Waals surface area contributed by atoms with Crippen molar-refractivity contribution in [3.05, 3.63) is 47.8 Å². The van der Waals surface area contributed by atoms with E-state index in [0.717, 1.165) is 5.56 Å². The number of aromatic nitrogens is 1. The minimum atomic E-state index is -1.16. The van der Waals surface area contributed by atoms with E-state index in [-0.39, 0.29) is 11.3 Å². The summed E-state index contributed by atoms with van der Waals surface area (Å²) in [5.74, 6) is -1.42. The van der Waals surface area contributed by atoms with E-state index in [9.17, 15) is 9.90 Å². The molecule has 2 aromatic rings. The third-order valence-corrected chi connectivity index (χ3v) is 4.06. The Hall–Kier alpha value is -2.56. The fraction of sp³-hybridized carbons (Fsp3) is 0.294. The van der Waals surface area contributed by atoms with Crippen molar-refractivity contribution in [2.45, 2.75) is 31.7 Å². The molecule has 1 fully saturated rings. The Morgan fingerprint density at radius 3 is 2.77 bits per heavy atom. The van der Waals surface area contributed by atoms with E-state index in [1.165, 1.54) is 37.8 Å². The number of aliphatic imine (C=N–C) groups is 1. The van der Waals surface area contributed by atoms with Gasteiger partial charge < -0.3 is 14.8 Å². The zero-order valence-electron chi connectivity index (χ0n) is 12.1. The molecule has 0 bridgehead atoms. The number of aromatic carboxylic acids is 1. The molecule has 5 heteroatoms. The molecule has 1 aliphatic carbocycles. The smallest absolute Gasteiger partial charge is 0.339 e. The Morgan fingerprint density at radius 2 is 2.05 bits per heavy atom. The number of phenols is 1. The molecule has 1 aromatic carbocycles. The Bertz CT molecular complexity index is 712. The number of carboxylic acids is 1. The second-order valence-corrected chi connectivity index (χ2v) is 5.60. The van der Waals surface area contributed by atoms with Crippen molar-refractivity contribution in [1.82, 2.24) is 4.57 Å². The number of hydrogen-bond donors (Lipinski definition) is 2. The summed E-state index contributed by atoms with van der Waals surface area (Å²) >= 11 is 0. The molecule has 114 valence electrons. The average Bonchev–Trinajstić information content (AvgIpc) is 3.17. The quantitative estimate of drug-likeness (QED) is 0.844. The van der Waals surface area contributed by atoms with E-state index in [0.29, 0.717) is 11.7 Å². The van der Waals surface area contributed by atoms with E-state index >= 15 is 0 Å². The van der Waals surface area contributed by atoms with Gasteiger partial charge in [-0.2, -0.15) is 0 Å². The molecule has 0 atom stereocenters. The van der Waals surface area contributed by atoms with Gasteiger partial charge in [-0.05, 0) is 37.1 Å². The van der Waals surface area contributed by atoms with Gasteiger partial charge >= 0.3 is 5.97 Å². The molecule has 1 heterocycles. The van der Waals surface area contributed by atoms with E-state index in [1.807, 2.05) is 6.07 Å². The highest BCUT2D eigenvalue weighted by Gasteiger charge is 2.16. The van der Waals surface area contributed by atoms with Gasteiger partial charge in [0.05, 0.1) is 5.69 Å². The van der Waals surface area contributed by atoms with Crippen LogP contribution in [0.4, 0.5) is 5.69 Å². The molecule has 1 aliphatic rings. The van der Waals surface area contributed by atoms with Crippen LogP contribution in [0.3, 0.4) is 0 Å². The summed E-state index contributed by atoms with van der Waals surface area (Å²) in [5.41, 5.74) is 1.35. The second kappa shape index (κ2) is 6.05. The summed E-state index contributed by atoms with van der Waals surface area (Å²) in [6.07, 6.45) is 10.9. The predicted molar refractivity (Wildman–Crippen MR) is 84.3 cm³/mol. The highest BCUT2D eigenvalue weighted by Crippen LogP contribution is 2.29. The highest BCUT2D eigenvalue weighted by atomic mass is 16.4. The summed E-state index contributed by atoms with van der Waals surface area (Å²) in [7, 11) is 0. The number of carbonyl (C=O) groups is 1. The van der Waals surface area contributed by atoms with Crippen molar-refractivity contribution in [3.63, 3.8) is 0 Å². The minimum absolute atomic E-state index is 0.141. The third kappa shape index (κ3) is 3.03. The largest absolute Gasteiger partial charge is 0.507 e. The van der Waals surface area contributed by atoms with Crippen molar-refractivity contribution in [2.75, 3.05) is 0 Å². The molecule has 22 heavy (non-hydrogen) atoms. The molecular formula is C17H18N2O3. The molecule has 5 nitrogen and oxygen atoms in total. The van der Waals surface area contributed by atoms with Crippen molar-refractivity contribution in [2.24, 2.45) is 4.99 Å². The first-order chi connectivity index (χ1) is 10.6. The summed E-state index contributed by atoms with van der Waals surface area (Å²) in [6.45, 7) is 0. The molecule has 0 spiro atoms. The number of aromatic hydroxyl groups is 1. The predicted octanol–water partition coefficient (Wildman–Crippen LogP) is 3.76. The lowest BCUT2D eigenvalue weighted by Gasteiger charge is -2.10. The first-order valence-corrected chi connectivity index (χ1v) is 7.41. The molecule has 3 rings (SSSR count). The number of carboxylic acid groups (broad SMARTS) is 1.